The van der Waals surface area contributed by atoms with Crippen molar-refractivity contribution in [2.45, 2.75) is 57.7 Å². The van der Waals surface area contributed by atoms with Gasteiger partial charge in [-0.1, -0.05) is 13.0 Å². The number of hydrogen-bond donors (Lipinski definition) is 1. The van der Waals surface area contributed by atoms with E-state index in [1.807, 2.05) is 0 Å². The molecule has 1 saturated carbocycles. The van der Waals surface area contributed by atoms with Crippen LogP contribution in [0.2, 0.25) is 0 Å². The first kappa shape index (κ1) is 22.8. The molecule has 9 nitrogen and oxygen atoms in total. The Balaban J connectivity index is 1.74. The monoisotopic (exact) mass is 454 g/mol. The average molecular weight is 455 g/mol. The van der Waals surface area contributed by atoms with Gasteiger partial charge in [0.05, 0.1) is 20.8 Å². The molecule has 0 bridgehead atoms. The van der Waals surface area contributed by atoms with Crippen LogP contribution in [0.5, 0.6) is 5.75 Å². The first-order valence-electron chi connectivity index (χ1n) is 11.2. The summed E-state index contributed by atoms with van der Waals surface area (Å²) in [6, 6.07) is 8.51. The summed E-state index contributed by atoms with van der Waals surface area (Å²) in [5.74, 6) is -0.0912. The molecule has 1 atom stereocenters. The van der Waals surface area contributed by atoms with E-state index >= 15 is 0 Å². The van der Waals surface area contributed by atoms with E-state index in [1.165, 1.54) is 22.8 Å². The van der Waals surface area contributed by atoms with Crippen LogP contribution in [0.4, 0.5) is 5.69 Å². The maximum absolute atomic E-state index is 13.7. The molecule has 0 radical (unpaired) electrons. The Hall–Kier alpha value is -3.36. The number of ether oxygens (including phenoxy) is 2. The maximum atomic E-state index is 13.7. The molecule has 1 unspecified atom stereocenters. The topological polar surface area (TPSA) is 103 Å². The highest BCUT2D eigenvalue weighted by molar-refractivity contribution is 6.12. The first-order chi connectivity index (χ1) is 15.8. The zero-order valence-corrected chi connectivity index (χ0v) is 19.5. The molecule has 1 aliphatic carbocycles. The predicted molar refractivity (Wildman–Crippen MR) is 121 cm³/mol. The van der Waals surface area contributed by atoms with Gasteiger partial charge in [0.25, 0.3) is 5.91 Å². The van der Waals surface area contributed by atoms with E-state index in [1.54, 1.807) is 38.3 Å². The van der Waals surface area contributed by atoms with Gasteiger partial charge in [0.2, 0.25) is 5.91 Å². The summed E-state index contributed by atoms with van der Waals surface area (Å²) in [5.41, 5.74) is -0.493. The Labute approximate surface area is 193 Å². The molecule has 4 rings (SSSR count). The van der Waals surface area contributed by atoms with Gasteiger partial charge in [-0.2, -0.15) is 5.10 Å². The Morgan fingerprint density at radius 2 is 1.88 bits per heavy atom. The highest BCUT2D eigenvalue weighted by Gasteiger charge is 2.49. The smallest absolute Gasteiger partial charge is 0.358 e. The van der Waals surface area contributed by atoms with Gasteiger partial charge in [0, 0.05) is 23.9 Å². The molecule has 0 saturated heterocycles. The highest BCUT2D eigenvalue weighted by Crippen LogP contribution is 2.35. The molecule has 2 amide bonds. The third-order valence-corrected chi connectivity index (χ3v) is 6.70. The number of aromatic nitrogens is 2. The molecular weight excluding hydrogens is 424 g/mol. The summed E-state index contributed by atoms with van der Waals surface area (Å²) < 4.78 is 11.5. The molecule has 1 N–H and O–H groups in total. The zero-order valence-electron chi connectivity index (χ0n) is 19.5. The minimum atomic E-state index is -1.26. The number of carbonyl (C=O) groups excluding carboxylic acids is 3. The van der Waals surface area contributed by atoms with Crippen LogP contribution in [0.25, 0.3) is 0 Å². The molecule has 2 aliphatic rings. The number of carbonyl (C=O) groups is 3. The lowest BCUT2D eigenvalue weighted by Crippen LogP contribution is -2.65. The van der Waals surface area contributed by atoms with Gasteiger partial charge in [-0.15, -0.1) is 0 Å². The van der Waals surface area contributed by atoms with E-state index in [0.29, 0.717) is 17.4 Å². The highest BCUT2D eigenvalue weighted by atomic mass is 16.5. The van der Waals surface area contributed by atoms with Gasteiger partial charge in [0.1, 0.15) is 17.0 Å². The third-order valence-electron chi connectivity index (χ3n) is 6.70. The van der Waals surface area contributed by atoms with Crippen molar-refractivity contribution in [3.63, 3.8) is 0 Å². The largest absolute Gasteiger partial charge is 0.497 e. The molecule has 2 heterocycles. The molecule has 176 valence electrons. The Morgan fingerprint density at radius 3 is 2.55 bits per heavy atom. The SMILES string of the molecule is COC(=O)c1cc2n(n1)CC(C)(C(=O)NC1CCC(C)CC1)N(c1cccc(OC)c1)C2=O. The van der Waals surface area contributed by atoms with Crippen molar-refractivity contribution in [3.05, 3.63) is 41.7 Å². The van der Waals surface area contributed by atoms with Crippen LogP contribution in [0, 0.1) is 5.92 Å². The van der Waals surface area contributed by atoms with Gasteiger partial charge < -0.3 is 14.8 Å². The van der Waals surface area contributed by atoms with Crippen LogP contribution in [0.1, 0.15) is 60.5 Å². The Kier molecular flexibility index (Phi) is 6.14. The molecule has 9 heteroatoms. The molecule has 1 fully saturated rings. The summed E-state index contributed by atoms with van der Waals surface area (Å²) in [6.45, 7) is 4.05. The number of fused-ring (bicyclic) bond motifs is 1. The van der Waals surface area contributed by atoms with Crippen LogP contribution in [-0.4, -0.2) is 53.4 Å². The quantitative estimate of drug-likeness (QED) is 0.697. The number of rotatable bonds is 5. The summed E-state index contributed by atoms with van der Waals surface area (Å²) >= 11 is 0. The number of methoxy groups -OCH3 is 2. The van der Waals surface area contributed by atoms with Crippen LogP contribution in [-0.2, 0) is 16.1 Å². The summed E-state index contributed by atoms with van der Waals surface area (Å²) in [7, 11) is 2.80. The van der Waals surface area contributed by atoms with Crippen LogP contribution in [0.3, 0.4) is 0 Å². The van der Waals surface area contributed by atoms with Crippen LogP contribution < -0.4 is 15.0 Å². The van der Waals surface area contributed by atoms with E-state index in [2.05, 4.69) is 17.3 Å². The fraction of sp³-hybridized carbons (Fsp3) is 0.500. The van der Waals surface area contributed by atoms with Gasteiger partial charge in [-0.3, -0.25) is 19.2 Å². The van der Waals surface area contributed by atoms with Gasteiger partial charge in [-0.05, 0) is 50.7 Å². The first-order valence-corrected chi connectivity index (χ1v) is 11.2. The van der Waals surface area contributed by atoms with Crippen molar-refractivity contribution in [1.82, 2.24) is 15.1 Å². The molecule has 1 aliphatic heterocycles. The number of nitrogens with zero attached hydrogens (tertiary/aromatic N) is 3. The minimum Gasteiger partial charge on any atom is -0.497 e. The second-order valence-electron chi connectivity index (χ2n) is 9.11. The molecular formula is C24H30N4O5. The van der Waals surface area contributed by atoms with Crippen molar-refractivity contribution < 1.29 is 23.9 Å². The number of anilines is 1. The zero-order chi connectivity index (χ0) is 23.8. The van der Waals surface area contributed by atoms with E-state index in [9.17, 15) is 14.4 Å². The summed E-state index contributed by atoms with van der Waals surface area (Å²) in [4.78, 5) is 40.9. The van der Waals surface area contributed by atoms with Crippen molar-refractivity contribution >= 4 is 23.5 Å². The molecule has 33 heavy (non-hydrogen) atoms. The van der Waals surface area contributed by atoms with Crippen LogP contribution in [0.15, 0.2) is 30.3 Å². The fourth-order valence-corrected chi connectivity index (χ4v) is 4.69. The fourth-order valence-electron chi connectivity index (χ4n) is 4.69. The summed E-state index contributed by atoms with van der Waals surface area (Å²) in [5, 5.41) is 7.43. The number of benzene rings is 1. The molecule has 1 aromatic heterocycles. The normalized spacial score (nSPS) is 24.7. The van der Waals surface area contributed by atoms with E-state index in [0.717, 1.165) is 25.7 Å². The van der Waals surface area contributed by atoms with Crippen molar-refractivity contribution in [2.24, 2.45) is 5.92 Å². The standard InChI is InChI=1S/C24H30N4O5/c1-15-8-10-16(11-9-15)25-23(31)24(2)14-27-20(13-19(26-27)22(30)33-4)21(29)28(24)17-6-5-7-18(12-17)32-3/h5-7,12-13,15-16H,8-11,14H2,1-4H3,(H,25,31). The van der Waals surface area contributed by atoms with Crippen molar-refractivity contribution in [3.8, 4) is 5.75 Å². The lowest BCUT2D eigenvalue weighted by Gasteiger charge is -2.44. The molecule has 0 spiro atoms. The Morgan fingerprint density at radius 1 is 1.15 bits per heavy atom. The van der Waals surface area contributed by atoms with E-state index in [-0.39, 0.29) is 29.9 Å². The average Bonchev–Trinajstić information content (AvgIpc) is 3.24. The minimum absolute atomic E-state index is 0.0253. The predicted octanol–water partition coefficient (Wildman–Crippen LogP) is 2.79. The summed E-state index contributed by atoms with van der Waals surface area (Å²) in [6.07, 6.45) is 3.95. The second kappa shape index (κ2) is 8.88. The van der Waals surface area contributed by atoms with Crippen molar-refractivity contribution in [2.75, 3.05) is 19.1 Å². The molecule has 1 aromatic carbocycles. The van der Waals surface area contributed by atoms with Gasteiger partial charge >= 0.3 is 5.97 Å². The van der Waals surface area contributed by atoms with Gasteiger partial charge in [0.15, 0.2) is 5.69 Å². The molecule has 2 aromatic rings. The van der Waals surface area contributed by atoms with E-state index < -0.39 is 17.4 Å². The Bertz CT molecular complexity index is 1070. The van der Waals surface area contributed by atoms with Crippen LogP contribution >= 0.6 is 0 Å². The number of nitrogens with one attached hydrogen (secondary N) is 1. The van der Waals surface area contributed by atoms with Gasteiger partial charge in [-0.25, -0.2) is 4.79 Å². The van der Waals surface area contributed by atoms with Crippen molar-refractivity contribution in [1.29, 1.82) is 0 Å². The number of esters is 1. The number of amides is 2. The number of hydrogen-bond acceptors (Lipinski definition) is 6. The third kappa shape index (κ3) is 4.19. The lowest BCUT2D eigenvalue weighted by molar-refractivity contribution is -0.127. The van der Waals surface area contributed by atoms with E-state index in [4.69, 9.17) is 9.47 Å². The maximum Gasteiger partial charge on any atom is 0.358 e. The second-order valence-corrected chi connectivity index (χ2v) is 9.11. The lowest BCUT2D eigenvalue weighted by atomic mass is 9.86.